The lowest BCUT2D eigenvalue weighted by Crippen LogP contribution is -2.24. The smallest absolute Gasteiger partial charge is 0.309 e. The van der Waals surface area contributed by atoms with Crippen LogP contribution in [0.3, 0.4) is 0 Å². The van der Waals surface area contributed by atoms with Gasteiger partial charge in [-0.3, -0.25) is 4.79 Å². The molecule has 2 aromatic carbocycles. The largest absolute Gasteiger partial charge is 0.489 e. The molecule has 3 nitrogen and oxygen atoms in total. The van der Waals surface area contributed by atoms with Gasteiger partial charge in [-0.15, -0.1) is 0 Å². The highest BCUT2D eigenvalue weighted by molar-refractivity contribution is 6.35. The van der Waals surface area contributed by atoms with Crippen LogP contribution in [0.1, 0.15) is 18.9 Å². The quantitative estimate of drug-likeness (QED) is 0.662. The number of benzene rings is 2. The molecule has 0 aromatic heterocycles. The van der Waals surface area contributed by atoms with Crippen LogP contribution < -0.4 is 4.74 Å². The molecule has 0 aliphatic rings. The average Bonchev–Trinajstić information content (AvgIpc) is 2.51. The minimum absolute atomic E-state index is 0.154. The van der Waals surface area contributed by atoms with Gasteiger partial charge in [-0.1, -0.05) is 47.5 Å². The Morgan fingerprint density at radius 3 is 2.52 bits per heavy atom. The molecule has 0 fully saturated rings. The summed E-state index contributed by atoms with van der Waals surface area (Å²) in [6.07, 6.45) is 0.279. The third-order valence-electron chi connectivity index (χ3n) is 3.21. The summed E-state index contributed by atoms with van der Waals surface area (Å²) < 4.78 is 11.0. The zero-order chi connectivity index (χ0) is 16.7. The van der Waals surface area contributed by atoms with Crippen molar-refractivity contribution in [3.8, 4) is 5.75 Å². The van der Waals surface area contributed by atoms with E-state index in [2.05, 4.69) is 0 Å². The monoisotopic (exact) mass is 352 g/mol. The molecule has 0 bridgehead atoms. The second-order valence-corrected chi connectivity index (χ2v) is 5.85. The normalized spacial score (nSPS) is 11.8. The highest BCUT2D eigenvalue weighted by Crippen LogP contribution is 2.24. The fourth-order valence-electron chi connectivity index (χ4n) is 2.19. The lowest BCUT2D eigenvalue weighted by Gasteiger charge is -2.19. The maximum Gasteiger partial charge on any atom is 0.309 e. The van der Waals surface area contributed by atoms with E-state index in [4.69, 9.17) is 32.7 Å². The summed E-state index contributed by atoms with van der Waals surface area (Å²) in [6, 6.07) is 14.7. The van der Waals surface area contributed by atoms with Crippen LogP contribution in [0.25, 0.3) is 0 Å². The second-order valence-electron chi connectivity index (χ2n) is 5.00. The maximum absolute atomic E-state index is 11.8. The van der Waals surface area contributed by atoms with Gasteiger partial charge in [-0.2, -0.15) is 0 Å². The molecular weight excluding hydrogens is 335 g/mol. The van der Waals surface area contributed by atoms with Crippen LogP contribution in [0.5, 0.6) is 5.75 Å². The van der Waals surface area contributed by atoms with E-state index in [1.54, 1.807) is 19.1 Å². The van der Waals surface area contributed by atoms with Gasteiger partial charge in [0.25, 0.3) is 0 Å². The third-order valence-corrected chi connectivity index (χ3v) is 3.80. The number of rotatable bonds is 7. The molecule has 0 N–H and O–H groups in total. The van der Waals surface area contributed by atoms with Gasteiger partial charge >= 0.3 is 5.97 Å². The summed E-state index contributed by atoms with van der Waals surface area (Å²) in [5.41, 5.74) is 0.876. The van der Waals surface area contributed by atoms with Crippen LogP contribution in [0.15, 0.2) is 48.5 Å². The van der Waals surface area contributed by atoms with Crippen molar-refractivity contribution < 1.29 is 14.3 Å². The van der Waals surface area contributed by atoms with Crippen LogP contribution in [0.2, 0.25) is 10.0 Å². The van der Waals surface area contributed by atoms with E-state index in [1.807, 2.05) is 36.4 Å². The molecule has 0 saturated heterocycles. The van der Waals surface area contributed by atoms with E-state index >= 15 is 0 Å². The summed E-state index contributed by atoms with van der Waals surface area (Å²) in [7, 11) is 0. The lowest BCUT2D eigenvalue weighted by atomic mass is 10.1. The Morgan fingerprint density at radius 1 is 1.13 bits per heavy atom. The van der Waals surface area contributed by atoms with E-state index in [0.717, 1.165) is 5.56 Å². The zero-order valence-corrected chi connectivity index (χ0v) is 14.3. The minimum atomic E-state index is -0.366. The van der Waals surface area contributed by atoms with E-state index in [0.29, 0.717) is 28.8 Å². The van der Waals surface area contributed by atoms with Crippen LogP contribution in [-0.2, 0) is 16.0 Å². The molecule has 5 heteroatoms. The minimum Gasteiger partial charge on any atom is -0.489 e. The SMILES string of the molecule is CCOC(=O)CC(Cc1ccc(Cl)cc1Cl)Oc1ccccc1. The number of carbonyl (C=O) groups excluding carboxylic acids is 1. The van der Waals surface area contributed by atoms with E-state index in [-0.39, 0.29) is 18.5 Å². The number of esters is 1. The summed E-state index contributed by atoms with van der Waals surface area (Å²) >= 11 is 12.1. The van der Waals surface area contributed by atoms with Crippen molar-refractivity contribution in [3.05, 3.63) is 64.1 Å². The topological polar surface area (TPSA) is 35.5 Å². The molecule has 0 aliphatic heterocycles. The molecule has 1 unspecified atom stereocenters. The van der Waals surface area contributed by atoms with Gasteiger partial charge in [0.1, 0.15) is 11.9 Å². The standard InChI is InChI=1S/C18H18Cl2O3/c1-2-22-18(21)12-16(23-15-6-4-3-5-7-15)10-13-8-9-14(19)11-17(13)20/h3-9,11,16H,2,10,12H2,1H3. The van der Waals surface area contributed by atoms with Gasteiger partial charge in [-0.25, -0.2) is 0 Å². The Hall–Kier alpha value is -1.71. The Balaban J connectivity index is 2.13. The molecular formula is C18H18Cl2O3. The number of carbonyl (C=O) groups is 1. The molecule has 0 amide bonds. The fourth-order valence-corrected chi connectivity index (χ4v) is 2.67. The summed E-state index contributed by atoms with van der Waals surface area (Å²) in [5.74, 6) is 0.408. The van der Waals surface area contributed by atoms with Gasteiger partial charge in [0, 0.05) is 16.5 Å². The molecule has 2 aromatic rings. The van der Waals surface area contributed by atoms with Crippen molar-refractivity contribution in [1.29, 1.82) is 0 Å². The van der Waals surface area contributed by atoms with Crippen molar-refractivity contribution in [2.24, 2.45) is 0 Å². The lowest BCUT2D eigenvalue weighted by molar-refractivity contribution is -0.144. The van der Waals surface area contributed by atoms with Gasteiger partial charge in [0.05, 0.1) is 13.0 Å². The number of ether oxygens (including phenoxy) is 2. The summed E-state index contributed by atoms with van der Waals surface area (Å²) in [6.45, 7) is 2.12. The Bertz CT molecular complexity index is 644. The van der Waals surface area contributed by atoms with Crippen LogP contribution in [0.4, 0.5) is 0 Å². The van der Waals surface area contributed by atoms with Gasteiger partial charge in [-0.05, 0) is 36.8 Å². The highest BCUT2D eigenvalue weighted by atomic mass is 35.5. The molecule has 122 valence electrons. The molecule has 0 aliphatic carbocycles. The van der Waals surface area contributed by atoms with Crippen molar-refractivity contribution in [1.82, 2.24) is 0 Å². The zero-order valence-electron chi connectivity index (χ0n) is 12.8. The second kappa shape index (κ2) is 8.80. The molecule has 0 heterocycles. The molecule has 1 atom stereocenters. The van der Waals surface area contributed by atoms with Crippen molar-refractivity contribution in [2.45, 2.75) is 25.9 Å². The highest BCUT2D eigenvalue weighted by Gasteiger charge is 2.19. The Morgan fingerprint density at radius 2 is 1.87 bits per heavy atom. The van der Waals surface area contributed by atoms with Gasteiger partial charge < -0.3 is 9.47 Å². The van der Waals surface area contributed by atoms with Crippen LogP contribution in [0, 0.1) is 0 Å². The van der Waals surface area contributed by atoms with Gasteiger partial charge in [0.2, 0.25) is 0 Å². The summed E-state index contributed by atoms with van der Waals surface area (Å²) in [4.78, 5) is 11.8. The van der Waals surface area contributed by atoms with E-state index in [1.165, 1.54) is 0 Å². The molecule has 0 spiro atoms. The fraction of sp³-hybridized carbons (Fsp3) is 0.278. The van der Waals surface area contributed by atoms with Crippen molar-refractivity contribution >= 4 is 29.2 Å². The predicted molar refractivity (Wildman–Crippen MR) is 92.3 cm³/mol. The van der Waals surface area contributed by atoms with E-state index < -0.39 is 0 Å². The first kappa shape index (κ1) is 17.6. The van der Waals surface area contributed by atoms with Gasteiger partial charge in [0.15, 0.2) is 0 Å². The molecule has 0 saturated carbocycles. The predicted octanol–water partition coefficient (Wildman–Crippen LogP) is 4.94. The first-order valence-electron chi connectivity index (χ1n) is 7.39. The Kier molecular flexibility index (Phi) is 6.75. The average molecular weight is 353 g/mol. The van der Waals surface area contributed by atoms with Crippen LogP contribution >= 0.6 is 23.2 Å². The number of para-hydroxylation sites is 1. The maximum atomic E-state index is 11.8. The van der Waals surface area contributed by atoms with Crippen molar-refractivity contribution in [3.63, 3.8) is 0 Å². The molecule has 2 rings (SSSR count). The number of hydrogen-bond acceptors (Lipinski definition) is 3. The summed E-state index contributed by atoms with van der Waals surface area (Å²) in [5, 5.41) is 1.13. The van der Waals surface area contributed by atoms with Crippen LogP contribution in [-0.4, -0.2) is 18.7 Å². The first-order valence-corrected chi connectivity index (χ1v) is 8.15. The van der Waals surface area contributed by atoms with Crippen molar-refractivity contribution in [2.75, 3.05) is 6.61 Å². The third kappa shape index (κ3) is 5.77. The molecule has 23 heavy (non-hydrogen) atoms. The first-order chi connectivity index (χ1) is 11.1. The van der Waals surface area contributed by atoms with E-state index in [9.17, 15) is 4.79 Å². The number of hydrogen-bond donors (Lipinski definition) is 0. The number of halogens is 2. The molecule has 0 radical (unpaired) electrons. The Labute approximate surface area is 146 Å².